The van der Waals surface area contributed by atoms with Gasteiger partial charge in [-0.05, 0) is 60.8 Å². The first-order chi connectivity index (χ1) is 10.0. The van der Waals surface area contributed by atoms with Gasteiger partial charge in [-0.2, -0.15) is 0 Å². The number of likely N-dealkylation sites (tertiary alicyclic amines) is 1. The van der Waals surface area contributed by atoms with E-state index in [1.165, 1.54) is 11.8 Å². The molecule has 1 saturated heterocycles. The van der Waals surface area contributed by atoms with E-state index in [0.717, 1.165) is 39.3 Å². The van der Waals surface area contributed by atoms with Gasteiger partial charge in [-0.15, -0.1) is 0 Å². The molecule has 1 unspecified atom stereocenters. The highest BCUT2D eigenvalue weighted by Crippen LogP contribution is 2.32. The molecule has 1 aromatic heterocycles. The summed E-state index contributed by atoms with van der Waals surface area (Å²) in [7, 11) is 2.12. The van der Waals surface area contributed by atoms with Gasteiger partial charge in [-0.25, -0.2) is 4.98 Å². The standard InChI is InChI=1S/C14H16IN3O2S/c1-17-5-4-10(7-17)18-12-3-2-9(15)6-11(12)16-14(18)21-8-13(19)20/h2-3,6,10H,4-5,7-8H2,1H3,(H,19,20). The number of nitrogens with zero attached hydrogens (tertiary/aromatic N) is 3. The van der Waals surface area contributed by atoms with Gasteiger partial charge in [0.2, 0.25) is 0 Å². The summed E-state index contributed by atoms with van der Waals surface area (Å²) < 4.78 is 3.37. The molecule has 1 N–H and O–H groups in total. The molecule has 0 radical (unpaired) electrons. The Labute approximate surface area is 140 Å². The van der Waals surface area contributed by atoms with Gasteiger partial charge in [0.25, 0.3) is 0 Å². The minimum Gasteiger partial charge on any atom is -0.481 e. The maximum Gasteiger partial charge on any atom is 0.313 e. The molecule has 0 bridgehead atoms. The lowest BCUT2D eigenvalue weighted by Gasteiger charge is -2.16. The third kappa shape index (κ3) is 3.19. The van der Waals surface area contributed by atoms with Crippen LogP contribution in [0, 0.1) is 3.57 Å². The van der Waals surface area contributed by atoms with Crippen LogP contribution in [0.1, 0.15) is 12.5 Å². The number of rotatable bonds is 4. The van der Waals surface area contributed by atoms with Crippen molar-refractivity contribution in [3.63, 3.8) is 0 Å². The van der Waals surface area contributed by atoms with Gasteiger partial charge in [0.1, 0.15) is 0 Å². The number of benzene rings is 1. The number of likely N-dealkylation sites (N-methyl/N-ethyl adjacent to an activating group) is 1. The zero-order valence-electron chi connectivity index (χ0n) is 11.6. The molecule has 1 aliphatic heterocycles. The summed E-state index contributed by atoms with van der Waals surface area (Å²) in [4.78, 5) is 17.8. The van der Waals surface area contributed by atoms with Gasteiger partial charge >= 0.3 is 5.97 Å². The predicted octanol–water partition coefficient (Wildman–Crippen LogP) is 2.69. The summed E-state index contributed by atoms with van der Waals surface area (Å²) in [6.45, 7) is 2.05. The van der Waals surface area contributed by atoms with Crippen molar-refractivity contribution in [1.29, 1.82) is 0 Å². The first-order valence-corrected chi connectivity index (χ1v) is 8.81. The Morgan fingerprint density at radius 1 is 1.57 bits per heavy atom. The van der Waals surface area contributed by atoms with E-state index in [-0.39, 0.29) is 5.75 Å². The number of carboxylic acid groups (broad SMARTS) is 1. The van der Waals surface area contributed by atoms with Crippen LogP contribution in [0.3, 0.4) is 0 Å². The van der Waals surface area contributed by atoms with E-state index in [1.807, 2.05) is 0 Å². The van der Waals surface area contributed by atoms with Crippen LogP contribution in [0.5, 0.6) is 0 Å². The normalized spacial score (nSPS) is 19.4. The second-order valence-electron chi connectivity index (χ2n) is 5.28. The number of thioether (sulfide) groups is 1. The topological polar surface area (TPSA) is 58.4 Å². The van der Waals surface area contributed by atoms with Crippen LogP contribution in [0.15, 0.2) is 23.4 Å². The van der Waals surface area contributed by atoms with Gasteiger partial charge in [0.05, 0.1) is 22.8 Å². The number of aromatic nitrogens is 2. The number of hydrogen-bond donors (Lipinski definition) is 1. The molecule has 0 amide bonds. The molecule has 5 nitrogen and oxygen atoms in total. The Kier molecular flexibility index (Phi) is 4.41. The largest absolute Gasteiger partial charge is 0.481 e. The highest BCUT2D eigenvalue weighted by molar-refractivity contribution is 14.1. The summed E-state index contributed by atoms with van der Waals surface area (Å²) in [5, 5.41) is 9.74. The van der Waals surface area contributed by atoms with Gasteiger partial charge in [-0.1, -0.05) is 11.8 Å². The molecule has 2 heterocycles. The van der Waals surface area contributed by atoms with Crippen molar-refractivity contribution in [3.05, 3.63) is 21.8 Å². The van der Waals surface area contributed by atoms with E-state index in [0.29, 0.717) is 6.04 Å². The number of carbonyl (C=O) groups is 1. The van der Waals surface area contributed by atoms with Crippen molar-refractivity contribution >= 4 is 51.4 Å². The monoisotopic (exact) mass is 417 g/mol. The number of aliphatic carboxylic acids is 1. The van der Waals surface area contributed by atoms with Gasteiger partial charge in [-0.3, -0.25) is 4.79 Å². The van der Waals surface area contributed by atoms with E-state index in [2.05, 4.69) is 62.3 Å². The Bertz CT molecular complexity index is 688. The first kappa shape index (κ1) is 15.1. The summed E-state index contributed by atoms with van der Waals surface area (Å²) in [5.41, 5.74) is 2.05. The molecule has 21 heavy (non-hydrogen) atoms. The van der Waals surface area contributed by atoms with Crippen LogP contribution in [-0.2, 0) is 4.79 Å². The number of fused-ring (bicyclic) bond motifs is 1. The molecule has 1 aliphatic rings. The van der Waals surface area contributed by atoms with Crippen molar-refractivity contribution < 1.29 is 9.90 Å². The third-order valence-corrected chi connectivity index (χ3v) is 5.28. The van der Waals surface area contributed by atoms with E-state index in [4.69, 9.17) is 5.11 Å². The Hall–Kier alpha value is -0.800. The van der Waals surface area contributed by atoms with Crippen LogP contribution in [0.4, 0.5) is 0 Å². The smallest absolute Gasteiger partial charge is 0.313 e. The molecular formula is C14H16IN3O2S. The van der Waals surface area contributed by atoms with Gasteiger partial charge in [0.15, 0.2) is 5.16 Å². The number of imidazole rings is 1. The molecule has 3 rings (SSSR count). The van der Waals surface area contributed by atoms with E-state index in [9.17, 15) is 4.79 Å². The van der Waals surface area contributed by atoms with Crippen molar-refractivity contribution in [3.8, 4) is 0 Å². The number of halogens is 1. The lowest BCUT2D eigenvalue weighted by molar-refractivity contribution is -0.133. The molecule has 7 heteroatoms. The van der Waals surface area contributed by atoms with Crippen molar-refractivity contribution in [2.75, 3.05) is 25.9 Å². The fourth-order valence-electron chi connectivity index (χ4n) is 2.75. The van der Waals surface area contributed by atoms with Crippen LogP contribution in [-0.4, -0.2) is 51.4 Å². The zero-order chi connectivity index (χ0) is 15.0. The SMILES string of the molecule is CN1CCC(n2c(SCC(=O)O)nc3cc(I)ccc32)C1. The fourth-order valence-corrected chi connectivity index (χ4v) is 4.03. The van der Waals surface area contributed by atoms with E-state index < -0.39 is 5.97 Å². The molecule has 0 aliphatic carbocycles. The molecule has 0 spiro atoms. The molecule has 2 aromatic rings. The van der Waals surface area contributed by atoms with Crippen molar-refractivity contribution in [2.45, 2.75) is 17.6 Å². The molecule has 1 fully saturated rings. The highest BCUT2D eigenvalue weighted by atomic mass is 127. The van der Waals surface area contributed by atoms with Gasteiger partial charge < -0.3 is 14.6 Å². The second-order valence-corrected chi connectivity index (χ2v) is 7.47. The van der Waals surface area contributed by atoms with Gasteiger partial charge in [0, 0.05) is 10.1 Å². The Balaban J connectivity index is 2.04. The maximum atomic E-state index is 10.9. The maximum absolute atomic E-state index is 10.9. The van der Waals surface area contributed by atoms with Crippen LogP contribution in [0.25, 0.3) is 11.0 Å². The second kappa shape index (κ2) is 6.13. The quantitative estimate of drug-likeness (QED) is 0.613. The molecule has 0 saturated carbocycles. The van der Waals surface area contributed by atoms with Crippen LogP contribution >= 0.6 is 34.4 Å². The van der Waals surface area contributed by atoms with Crippen molar-refractivity contribution in [2.24, 2.45) is 0 Å². The molecule has 1 aromatic carbocycles. The zero-order valence-corrected chi connectivity index (χ0v) is 14.6. The molecule has 112 valence electrons. The fraction of sp³-hybridized carbons (Fsp3) is 0.429. The Morgan fingerprint density at radius 2 is 2.38 bits per heavy atom. The minimum absolute atomic E-state index is 0.0446. The highest BCUT2D eigenvalue weighted by Gasteiger charge is 2.25. The number of hydrogen-bond acceptors (Lipinski definition) is 4. The minimum atomic E-state index is -0.809. The molecular weight excluding hydrogens is 401 g/mol. The lowest BCUT2D eigenvalue weighted by atomic mass is 10.2. The van der Waals surface area contributed by atoms with Crippen LogP contribution < -0.4 is 0 Å². The summed E-state index contributed by atoms with van der Waals surface area (Å²) in [6.07, 6.45) is 1.08. The number of carboxylic acids is 1. The van der Waals surface area contributed by atoms with E-state index in [1.54, 1.807) is 0 Å². The first-order valence-electron chi connectivity index (χ1n) is 6.75. The average Bonchev–Trinajstić information content (AvgIpc) is 2.98. The Morgan fingerprint density at radius 3 is 3.05 bits per heavy atom. The molecule has 1 atom stereocenters. The van der Waals surface area contributed by atoms with E-state index >= 15 is 0 Å². The lowest BCUT2D eigenvalue weighted by Crippen LogP contribution is -2.17. The third-order valence-electron chi connectivity index (χ3n) is 3.68. The van der Waals surface area contributed by atoms with Crippen LogP contribution in [0.2, 0.25) is 0 Å². The summed E-state index contributed by atoms with van der Waals surface area (Å²) >= 11 is 3.58. The summed E-state index contributed by atoms with van der Waals surface area (Å²) in [6, 6.07) is 6.59. The van der Waals surface area contributed by atoms with Crippen molar-refractivity contribution in [1.82, 2.24) is 14.5 Å². The average molecular weight is 417 g/mol. The predicted molar refractivity (Wildman–Crippen MR) is 92.0 cm³/mol. The summed E-state index contributed by atoms with van der Waals surface area (Å²) in [5.74, 6) is -0.764.